The lowest BCUT2D eigenvalue weighted by molar-refractivity contribution is 0.304. The molecule has 0 fully saturated rings. The minimum absolute atomic E-state index is 0.553. The molecule has 0 rings (SSSR count). The Morgan fingerprint density at radius 2 is 1.27 bits per heavy atom. The van der Waals surface area contributed by atoms with Gasteiger partial charge in [-0.2, -0.15) is 0 Å². The Labute approximate surface area is 166 Å². The van der Waals surface area contributed by atoms with Gasteiger partial charge in [0.25, 0.3) is 0 Å². The molecule has 3 atom stereocenters. The Morgan fingerprint density at radius 3 is 1.81 bits per heavy atom. The Bertz CT molecular complexity index is 348. The average molecular weight is 367 g/mol. The smallest absolute Gasteiger partial charge is 0.0197 e. The van der Waals surface area contributed by atoms with Gasteiger partial charge in [0.15, 0.2) is 0 Å². The van der Waals surface area contributed by atoms with Gasteiger partial charge < -0.3 is 10.2 Å². The van der Waals surface area contributed by atoms with Crippen LogP contribution in [0, 0.1) is 23.7 Å². The first-order chi connectivity index (χ1) is 12.1. The summed E-state index contributed by atoms with van der Waals surface area (Å²) in [4.78, 5) is 2.35. The van der Waals surface area contributed by atoms with E-state index in [2.05, 4.69) is 72.3 Å². The van der Waals surface area contributed by atoms with Crippen molar-refractivity contribution in [3.8, 4) is 0 Å². The Kier molecular flexibility index (Phi) is 14.3. The van der Waals surface area contributed by atoms with Crippen molar-refractivity contribution in [2.75, 3.05) is 20.1 Å². The van der Waals surface area contributed by atoms with Crippen LogP contribution < -0.4 is 5.32 Å². The molecule has 0 amide bonds. The topological polar surface area (TPSA) is 15.3 Å². The van der Waals surface area contributed by atoms with Crippen molar-refractivity contribution in [1.82, 2.24) is 10.2 Å². The van der Waals surface area contributed by atoms with Gasteiger partial charge in [-0.15, -0.1) is 0 Å². The molecule has 1 N–H and O–H groups in total. The molecule has 156 valence electrons. The van der Waals surface area contributed by atoms with E-state index < -0.39 is 0 Å². The summed E-state index contributed by atoms with van der Waals surface area (Å²) >= 11 is 0. The maximum atomic E-state index is 4.21. The van der Waals surface area contributed by atoms with Crippen LogP contribution in [-0.2, 0) is 0 Å². The highest BCUT2D eigenvalue weighted by Gasteiger charge is 2.11. The van der Waals surface area contributed by atoms with Crippen LogP contribution in [0.1, 0.15) is 93.4 Å². The number of nitrogens with zero attached hydrogens (tertiary/aromatic N) is 1. The first-order valence-electron chi connectivity index (χ1n) is 11.3. The van der Waals surface area contributed by atoms with E-state index in [1.54, 1.807) is 0 Å². The third kappa shape index (κ3) is 13.7. The zero-order valence-electron chi connectivity index (χ0n) is 19.4. The standard InChI is InChI=1S/C24H50N2/c1-19(2)24(8)26(9)18-23(7)14-11-10-13-21(5)15-12-16-22(6)17-25-20(3)4/h19-23,25H,8,10-18H2,1-7,9H3. The molecule has 0 aromatic rings. The number of unbranched alkanes of at least 4 members (excludes halogenated alkanes) is 1. The molecule has 0 spiro atoms. The molecule has 0 bridgehead atoms. The Morgan fingerprint density at radius 1 is 0.769 bits per heavy atom. The molecule has 0 aliphatic carbocycles. The molecular formula is C24H50N2. The van der Waals surface area contributed by atoms with Crippen LogP contribution >= 0.6 is 0 Å². The molecule has 0 aliphatic rings. The first-order valence-corrected chi connectivity index (χ1v) is 11.3. The molecule has 0 aromatic heterocycles. The number of hydrogen-bond donors (Lipinski definition) is 1. The van der Waals surface area contributed by atoms with Crippen LogP contribution in [0.4, 0.5) is 0 Å². The second kappa shape index (κ2) is 14.5. The zero-order chi connectivity index (χ0) is 20.1. The van der Waals surface area contributed by atoms with Crippen molar-refractivity contribution >= 4 is 0 Å². The summed E-state index contributed by atoms with van der Waals surface area (Å²) in [5.41, 5.74) is 1.27. The molecule has 3 unspecified atom stereocenters. The molecule has 2 heteroatoms. The van der Waals surface area contributed by atoms with Crippen molar-refractivity contribution in [1.29, 1.82) is 0 Å². The fourth-order valence-corrected chi connectivity index (χ4v) is 3.60. The summed E-state index contributed by atoms with van der Waals surface area (Å²) in [5.74, 6) is 3.01. The van der Waals surface area contributed by atoms with E-state index in [1.807, 2.05) is 0 Å². The lowest BCUT2D eigenvalue weighted by Crippen LogP contribution is -2.27. The fourth-order valence-electron chi connectivity index (χ4n) is 3.60. The Balaban J connectivity index is 3.69. The quantitative estimate of drug-likeness (QED) is 0.305. The van der Waals surface area contributed by atoms with Gasteiger partial charge in [-0.05, 0) is 43.1 Å². The summed E-state index contributed by atoms with van der Waals surface area (Å²) in [6.07, 6.45) is 9.68. The molecule has 0 aliphatic heterocycles. The second-order valence-electron chi connectivity index (χ2n) is 9.62. The largest absolute Gasteiger partial charge is 0.378 e. The maximum absolute atomic E-state index is 4.21. The predicted molar refractivity (Wildman–Crippen MR) is 120 cm³/mol. The molecule has 0 aromatic carbocycles. The van der Waals surface area contributed by atoms with E-state index in [0.717, 1.165) is 24.3 Å². The lowest BCUT2D eigenvalue weighted by Gasteiger charge is -2.27. The van der Waals surface area contributed by atoms with Gasteiger partial charge in [0.2, 0.25) is 0 Å². The third-order valence-electron chi connectivity index (χ3n) is 5.65. The SMILES string of the molecule is C=C(C(C)C)N(C)CC(C)CCCCC(C)CCCC(C)CNC(C)C. The molecule has 0 saturated carbocycles. The molecular weight excluding hydrogens is 316 g/mol. The van der Waals surface area contributed by atoms with Crippen LogP contribution in [0.25, 0.3) is 0 Å². The molecule has 0 heterocycles. The molecule has 0 saturated heterocycles. The lowest BCUT2D eigenvalue weighted by atomic mass is 9.93. The van der Waals surface area contributed by atoms with Crippen LogP contribution in [0.5, 0.6) is 0 Å². The van der Waals surface area contributed by atoms with Crippen molar-refractivity contribution in [2.45, 2.75) is 99.5 Å². The summed E-state index contributed by atoms with van der Waals surface area (Å²) in [6.45, 7) is 22.7. The molecule has 0 radical (unpaired) electrons. The van der Waals surface area contributed by atoms with Crippen molar-refractivity contribution < 1.29 is 0 Å². The molecule has 2 nitrogen and oxygen atoms in total. The third-order valence-corrected chi connectivity index (χ3v) is 5.65. The van der Waals surface area contributed by atoms with Crippen LogP contribution in [0.3, 0.4) is 0 Å². The van der Waals surface area contributed by atoms with Crippen molar-refractivity contribution in [3.63, 3.8) is 0 Å². The van der Waals surface area contributed by atoms with Gasteiger partial charge in [0.05, 0.1) is 0 Å². The van der Waals surface area contributed by atoms with Gasteiger partial charge in [-0.25, -0.2) is 0 Å². The van der Waals surface area contributed by atoms with Crippen molar-refractivity contribution in [3.05, 3.63) is 12.3 Å². The predicted octanol–water partition coefficient (Wildman–Crippen LogP) is 6.72. The number of nitrogens with one attached hydrogen (secondary N) is 1. The van der Waals surface area contributed by atoms with Crippen LogP contribution in [0.15, 0.2) is 12.3 Å². The number of hydrogen-bond acceptors (Lipinski definition) is 2. The highest BCUT2D eigenvalue weighted by atomic mass is 15.1. The van der Waals surface area contributed by atoms with E-state index in [1.165, 1.54) is 57.2 Å². The first kappa shape index (κ1) is 25.5. The van der Waals surface area contributed by atoms with E-state index in [9.17, 15) is 0 Å². The van der Waals surface area contributed by atoms with Gasteiger partial charge in [-0.1, -0.05) is 87.1 Å². The van der Waals surface area contributed by atoms with Gasteiger partial charge in [0.1, 0.15) is 0 Å². The van der Waals surface area contributed by atoms with E-state index in [0.29, 0.717) is 12.0 Å². The normalized spacial score (nSPS) is 15.3. The summed E-state index contributed by atoms with van der Waals surface area (Å²) in [5, 5.41) is 3.55. The summed E-state index contributed by atoms with van der Waals surface area (Å²) < 4.78 is 0. The second-order valence-corrected chi connectivity index (χ2v) is 9.62. The summed E-state index contributed by atoms with van der Waals surface area (Å²) in [7, 11) is 2.19. The minimum atomic E-state index is 0.553. The number of rotatable bonds is 16. The van der Waals surface area contributed by atoms with Gasteiger partial charge in [-0.3, -0.25) is 0 Å². The molecule has 26 heavy (non-hydrogen) atoms. The van der Waals surface area contributed by atoms with Crippen molar-refractivity contribution in [2.24, 2.45) is 23.7 Å². The highest BCUT2D eigenvalue weighted by Crippen LogP contribution is 2.20. The van der Waals surface area contributed by atoms with E-state index in [4.69, 9.17) is 0 Å². The van der Waals surface area contributed by atoms with E-state index in [-0.39, 0.29) is 0 Å². The van der Waals surface area contributed by atoms with Crippen LogP contribution in [-0.4, -0.2) is 31.1 Å². The zero-order valence-corrected chi connectivity index (χ0v) is 19.4. The fraction of sp³-hybridized carbons (Fsp3) is 0.917. The average Bonchev–Trinajstić information content (AvgIpc) is 2.55. The highest BCUT2D eigenvalue weighted by molar-refractivity contribution is 4.95. The van der Waals surface area contributed by atoms with Crippen LogP contribution in [0.2, 0.25) is 0 Å². The Hall–Kier alpha value is -0.500. The van der Waals surface area contributed by atoms with Gasteiger partial charge >= 0.3 is 0 Å². The monoisotopic (exact) mass is 366 g/mol. The number of allylic oxidation sites excluding steroid dienone is 1. The minimum Gasteiger partial charge on any atom is -0.378 e. The summed E-state index contributed by atoms with van der Waals surface area (Å²) in [6, 6.07) is 0.613. The van der Waals surface area contributed by atoms with E-state index >= 15 is 0 Å². The maximum Gasteiger partial charge on any atom is 0.0197 e. The van der Waals surface area contributed by atoms with Gasteiger partial charge in [0, 0.05) is 25.3 Å².